The molecule has 0 aliphatic rings. The predicted octanol–water partition coefficient (Wildman–Crippen LogP) is 3.00. The van der Waals surface area contributed by atoms with Crippen molar-refractivity contribution in [2.24, 2.45) is 0 Å². The molecule has 0 saturated heterocycles. The predicted molar refractivity (Wildman–Crippen MR) is 78.6 cm³/mol. The second-order valence-electron chi connectivity index (χ2n) is 4.31. The Morgan fingerprint density at radius 1 is 1.05 bits per heavy atom. The summed E-state index contributed by atoms with van der Waals surface area (Å²) in [5.74, 6) is -2.44. The van der Waals surface area contributed by atoms with Crippen LogP contribution in [0.15, 0.2) is 24.3 Å². The van der Waals surface area contributed by atoms with Gasteiger partial charge in [-0.2, -0.15) is 0 Å². The van der Waals surface area contributed by atoms with Crippen molar-refractivity contribution in [1.29, 1.82) is 0 Å². The fraction of sp³-hybridized carbons (Fsp3) is 0.600. The Labute approximate surface area is 120 Å². The van der Waals surface area contributed by atoms with Crippen LogP contribution in [0, 0.1) is 0 Å². The maximum atomic E-state index is 9.87. The van der Waals surface area contributed by atoms with Crippen molar-refractivity contribution in [3.63, 3.8) is 0 Å². The molecule has 0 saturated carbocycles. The van der Waals surface area contributed by atoms with E-state index in [0.29, 0.717) is 0 Å². The van der Waals surface area contributed by atoms with E-state index >= 15 is 0 Å². The first-order valence-electron chi connectivity index (χ1n) is 6.84. The van der Waals surface area contributed by atoms with Crippen molar-refractivity contribution in [1.82, 2.24) is 0 Å². The summed E-state index contributed by atoms with van der Waals surface area (Å²) in [6, 6.07) is 0. The van der Waals surface area contributed by atoms with Crippen molar-refractivity contribution >= 4 is 11.9 Å². The summed E-state index contributed by atoms with van der Waals surface area (Å²) in [6.45, 7) is 5.52. The molecule has 0 unspecified atom stereocenters. The average molecular weight is 286 g/mol. The van der Waals surface area contributed by atoms with Gasteiger partial charge in [0.2, 0.25) is 0 Å². The Kier molecular flexibility index (Phi) is 16.0. The molecule has 0 spiro atoms. The van der Waals surface area contributed by atoms with Gasteiger partial charge in [0.15, 0.2) is 0 Å². The summed E-state index contributed by atoms with van der Waals surface area (Å²) >= 11 is 0. The lowest BCUT2D eigenvalue weighted by atomic mass is 10.1. The zero-order valence-electron chi connectivity index (χ0n) is 12.2. The molecule has 0 aliphatic heterocycles. The standard InChI is InChI=1S/C10H20O.C5H6O4/c1-2-3-4-5-6-7-8-9-10-11;1-3(5(8)9)2-4(6)7/h7-8,11H,2-6,9-10H2,1H3;1-2H2,(H,6,7)(H,8,9). The van der Waals surface area contributed by atoms with Crippen LogP contribution in [0.25, 0.3) is 0 Å². The van der Waals surface area contributed by atoms with Gasteiger partial charge in [-0.05, 0) is 19.3 Å². The van der Waals surface area contributed by atoms with Crippen molar-refractivity contribution in [2.45, 2.75) is 51.9 Å². The monoisotopic (exact) mass is 286 g/mol. The lowest BCUT2D eigenvalue weighted by molar-refractivity contribution is -0.139. The van der Waals surface area contributed by atoms with Gasteiger partial charge in [0.1, 0.15) is 0 Å². The quantitative estimate of drug-likeness (QED) is 0.326. The van der Waals surface area contributed by atoms with Crippen LogP contribution < -0.4 is 0 Å². The molecule has 0 rings (SSSR count). The molecule has 0 radical (unpaired) electrons. The summed E-state index contributed by atoms with van der Waals surface area (Å²) in [4.78, 5) is 19.7. The number of carboxylic acids is 2. The number of hydrogen-bond donors (Lipinski definition) is 3. The fourth-order valence-corrected chi connectivity index (χ4v) is 1.26. The molecule has 0 amide bonds. The second kappa shape index (κ2) is 15.4. The van der Waals surface area contributed by atoms with E-state index in [1.165, 1.54) is 32.1 Å². The average Bonchev–Trinajstić information content (AvgIpc) is 2.38. The van der Waals surface area contributed by atoms with Gasteiger partial charge in [-0.1, -0.05) is 44.9 Å². The number of unbranched alkanes of at least 4 members (excludes halogenated alkanes) is 4. The maximum Gasteiger partial charge on any atom is 0.331 e. The van der Waals surface area contributed by atoms with Gasteiger partial charge in [-0.25, -0.2) is 4.79 Å². The lowest BCUT2D eigenvalue weighted by Gasteiger charge is -1.93. The summed E-state index contributed by atoms with van der Waals surface area (Å²) in [5.41, 5.74) is -0.303. The van der Waals surface area contributed by atoms with Crippen LogP contribution in [0.1, 0.15) is 51.9 Å². The molecule has 0 atom stereocenters. The Bertz CT molecular complexity index is 307. The molecular formula is C15H26O5. The van der Waals surface area contributed by atoms with E-state index < -0.39 is 18.4 Å². The smallest absolute Gasteiger partial charge is 0.331 e. The van der Waals surface area contributed by atoms with E-state index in [4.69, 9.17) is 15.3 Å². The molecule has 3 N–H and O–H groups in total. The first-order chi connectivity index (χ1) is 9.45. The highest BCUT2D eigenvalue weighted by Gasteiger charge is 2.07. The van der Waals surface area contributed by atoms with Gasteiger partial charge in [0.25, 0.3) is 0 Å². The van der Waals surface area contributed by atoms with Crippen LogP contribution >= 0.6 is 0 Å². The van der Waals surface area contributed by atoms with Gasteiger partial charge in [-0.15, -0.1) is 0 Å². The number of allylic oxidation sites excluding steroid dienone is 1. The maximum absolute atomic E-state index is 9.87. The number of aliphatic hydroxyl groups is 1. The Morgan fingerprint density at radius 3 is 2.05 bits per heavy atom. The van der Waals surface area contributed by atoms with Crippen molar-refractivity contribution in [2.75, 3.05) is 6.61 Å². The van der Waals surface area contributed by atoms with Gasteiger partial charge >= 0.3 is 11.9 Å². The molecule has 0 aromatic heterocycles. The third-order valence-electron chi connectivity index (χ3n) is 2.35. The Hall–Kier alpha value is -1.62. The minimum atomic E-state index is -1.27. The molecule has 0 aliphatic carbocycles. The van der Waals surface area contributed by atoms with E-state index in [9.17, 15) is 9.59 Å². The number of carboxylic acid groups (broad SMARTS) is 2. The molecule has 5 nitrogen and oxygen atoms in total. The van der Waals surface area contributed by atoms with Crippen LogP contribution in [-0.4, -0.2) is 33.9 Å². The van der Waals surface area contributed by atoms with Crippen LogP contribution in [-0.2, 0) is 9.59 Å². The van der Waals surface area contributed by atoms with Crippen LogP contribution in [0.2, 0.25) is 0 Å². The molecule has 0 fully saturated rings. The number of aliphatic carboxylic acids is 2. The minimum absolute atomic E-state index is 0.283. The largest absolute Gasteiger partial charge is 0.481 e. The first kappa shape index (κ1) is 20.7. The van der Waals surface area contributed by atoms with E-state index in [0.717, 1.165) is 6.42 Å². The number of hydrogen-bond acceptors (Lipinski definition) is 3. The van der Waals surface area contributed by atoms with Crippen LogP contribution in [0.5, 0.6) is 0 Å². The van der Waals surface area contributed by atoms with Gasteiger partial charge in [-0.3, -0.25) is 4.79 Å². The third kappa shape index (κ3) is 18.7. The SMILES string of the molecule is C=C(CC(=O)O)C(=O)O.CCCCCCC=CCCO. The molecule has 116 valence electrons. The van der Waals surface area contributed by atoms with E-state index in [1.54, 1.807) is 0 Å². The summed E-state index contributed by atoms with van der Waals surface area (Å²) in [6.07, 6.45) is 11.0. The van der Waals surface area contributed by atoms with Gasteiger partial charge < -0.3 is 15.3 Å². The molecule has 0 heterocycles. The summed E-state index contributed by atoms with van der Waals surface area (Å²) in [7, 11) is 0. The third-order valence-corrected chi connectivity index (χ3v) is 2.35. The molecule has 0 aromatic carbocycles. The zero-order valence-corrected chi connectivity index (χ0v) is 12.2. The molecule has 5 heteroatoms. The summed E-state index contributed by atoms with van der Waals surface area (Å²) < 4.78 is 0. The second-order valence-corrected chi connectivity index (χ2v) is 4.31. The molecular weight excluding hydrogens is 260 g/mol. The number of aliphatic hydroxyl groups excluding tert-OH is 1. The highest BCUT2D eigenvalue weighted by molar-refractivity contribution is 5.91. The van der Waals surface area contributed by atoms with E-state index in [1.807, 2.05) is 0 Å². The summed E-state index contributed by atoms with van der Waals surface area (Å²) in [5, 5.41) is 24.5. The highest BCUT2D eigenvalue weighted by Crippen LogP contribution is 2.02. The molecule has 20 heavy (non-hydrogen) atoms. The number of rotatable bonds is 10. The van der Waals surface area contributed by atoms with Gasteiger partial charge in [0, 0.05) is 12.2 Å². The zero-order chi connectivity index (χ0) is 15.8. The van der Waals surface area contributed by atoms with Crippen LogP contribution in [0.3, 0.4) is 0 Å². The van der Waals surface area contributed by atoms with E-state index in [-0.39, 0.29) is 12.2 Å². The topological polar surface area (TPSA) is 94.8 Å². The minimum Gasteiger partial charge on any atom is -0.481 e. The first-order valence-corrected chi connectivity index (χ1v) is 6.84. The van der Waals surface area contributed by atoms with Crippen LogP contribution in [0.4, 0.5) is 0 Å². The van der Waals surface area contributed by atoms with Crippen molar-refractivity contribution in [3.8, 4) is 0 Å². The Morgan fingerprint density at radius 2 is 1.65 bits per heavy atom. The molecule has 0 bridgehead atoms. The molecule has 0 aromatic rings. The van der Waals surface area contributed by atoms with Crippen molar-refractivity contribution in [3.05, 3.63) is 24.3 Å². The Balaban J connectivity index is 0. The number of carbonyl (C=O) groups is 2. The van der Waals surface area contributed by atoms with Gasteiger partial charge in [0.05, 0.1) is 6.42 Å². The fourth-order valence-electron chi connectivity index (χ4n) is 1.26. The van der Waals surface area contributed by atoms with E-state index in [2.05, 4.69) is 25.7 Å². The highest BCUT2D eigenvalue weighted by atomic mass is 16.4. The normalized spacial score (nSPS) is 9.90. The lowest BCUT2D eigenvalue weighted by Crippen LogP contribution is -2.04. The van der Waals surface area contributed by atoms with Crippen molar-refractivity contribution < 1.29 is 24.9 Å².